The van der Waals surface area contributed by atoms with Gasteiger partial charge in [-0.05, 0) is 43.4 Å². The van der Waals surface area contributed by atoms with E-state index in [4.69, 9.17) is 22.1 Å². The lowest BCUT2D eigenvalue weighted by atomic mass is 9.97. The average Bonchev–Trinajstić information content (AvgIpc) is 2.20. The number of benzene rings is 1. The maximum absolute atomic E-state index is 6.28. The van der Waals surface area contributed by atoms with E-state index in [-0.39, 0.29) is 6.04 Å². The van der Waals surface area contributed by atoms with Crippen LogP contribution in [0.2, 0.25) is 5.02 Å². The van der Waals surface area contributed by atoms with Gasteiger partial charge in [0.05, 0.1) is 11.6 Å². The molecule has 0 radical (unpaired) electrons. The Balaban J connectivity index is 3.16. The molecule has 1 atom stereocenters. The molecular formula is C14H22ClNO. The largest absolute Gasteiger partial charge is 0.492 e. The Hall–Kier alpha value is -0.730. The van der Waals surface area contributed by atoms with Gasteiger partial charge in [0.1, 0.15) is 5.75 Å². The van der Waals surface area contributed by atoms with Crippen molar-refractivity contribution in [2.24, 2.45) is 5.73 Å². The fourth-order valence-electron chi connectivity index (χ4n) is 1.89. The fraction of sp³-hybridized carbons (Fsp3) is 0.571. The van der Waals surface area contributed by atoms with Crippen LogP contribution in [0, 0.1) is 0 Å². The van der Waals surface area contributed by atoms with Crippen LogP contribution in [0.1, 0.15) is 44.7 Å². The molecule has 17 heavy (non-hydrogen) atoms. The smallest absolute Gasteiger partial charge is 0.141 e. The van der Waals surface area contributed by atoms with Crippen LogP contribution in [0.15, 0.2) is 12.1 Å². The van der Waals surface area contributed by atoms with Gasteiger partial charge in [0.15, 0.2) is 0 Å². The highest BCUT2D eigenvalue weighted by molar-refractivity contribution is 6.32. The maximum Gasteiger partial charge on any atom is 0.141 e. The molecule has 0 fully saturated rings. The Labute approximate surface area is 109 Å². The zero-order valence-electron chi connectivity index (χ0n) is 11.1. The Kier molecular flexibility index (Phi) is 5.29. The zero-order valence-corrected chi connectivity index (χ0v) is 11.8. The average molecular weight is 256 g/mol. The van der Waals surface area contributed by atoms with Gasteiger partial charge in [-0.1, -0.05) is 31.5 Å². The molecule has 0 spiro atoms. The fourth-order valence-corrected chi connectivity index (χ4v) is 2.19. The normalized spacial score (nSPS) is 12.9. The SMILES string of the molecule is CCOc1c(Cl)cc(CC(C)N)cc1C(C)C. The Morgan fingerprint density at radius 2 is 1.94 bits per heavy atom. The lowest BCUT2D eigenvalue weighted by molar-refractivity contribution is 0.335. The van der Waals surface area contributed by atoms with Gasteiger partial charge < -0.3 is 10.5 Å². The highest BCUT2D eigenvalue weighted by Gasteiger charge is 2.14. The van der Waals surface area contributed by atoms with Crippen LogP contribution >= 0.6 is 11.6 Å². The van der Waals surface area contributed by atoms with Crippen molar-refractivity contribution in [3.8, 4) is 5.75 Å². The zero-order chi connectivity index (χ0) is 13.0. The van der Waals surface area contributed by atoms with Gasteiger partial charge in [0.25, 0.3) is 0 Å². The Bertz CT molecular complexity index is 375. The number of ether oxygens (including phenoxy) is 1. The summed E-state index contributed by atoms with van der Waals surface area (Å²) < 4.78 is 5.63. The summed E-state index contributed by atoms with van der Waals surface area (Å²) in [5.41, 5.74) is 8.16. The molecule has 1 rings (SSSR count). The minimum Gasteiger partial charge on any atom is -0.492 e. The molecule has 0 aromatic heterocycles. The van der Waals surface area contributed by atoms with E-state index in [0.29, 0.717) is 17.5 Å². The third kappa shape index (κ3) is 3.90. The molecule has 0 heterocycles. The first-order valence-electron chi connectivity index (χ1n) is 6.16. The molecule has 0 aliphatic carbocycles. The molecule has 0 saturated heterocycles. The van der Waals surface area contributed by atoms with E-state index in [1.807, 2.05) is 19.9 Å². The van der Waals surface area contributed by atoms with E-state index in [2.05, 4.69) is 19.9 Å². The van der Waals surface area contributed by atoms with Gasteiger partial charge >= 0.3 is 0 Å². The van der Waals surface area contributed by atoms with Crippen LogP contribution in [0.5, 0.6) is 5.75 Å². The summed E-state index contributed by atoms with van der Waals surface area (Å²) in [6, 6.07) is 4.26. The van der Waals surface area contributed by atoms with Crippen LogP contribution in [-0.4, -0.2) is 12.6 Å². The van der Waals surface area contributed by atoms with Crippen molar-refractivity contribution < 1.29 is 4.74 Å². The van der Waals surface area contributed by atoms with Gasteiger partial charge in [-0.2, -0.15) is 0 Å². The lowest BCUT2D eigenvalue weighted by Gasteiger charge is -2.17. The van der Waals surface area contributed by atoms with Crippen molar-refractivity contribution in [3.63, 3.8) is 0 Å². The molecule has 3 heteroatoms. The predicted molar refractivity (Wildman–Crippen MR) is 74.1 cm³/mol. The van der Waals surface area contributed by atoms with Crippen LogP contribution in [0.25, 0.3) is 0 Å². The predicted octanol–water partition coefficient (Wildman–Crippen LogP) is 3.75. The topological polar surface area (TPSA) is 35.2 Å². The third-order valence-corrected chi connectivity index (χ3v) is 2.88. The van der Waals surface area contributed by atoms with Crippen molar-refractivity contribution in [3.05, 3.63) is 28.3 Å². The molecule has 1 aromatic rings. The van der Waals surface area contributed by atoms with Gasteiger partial charge in [0, 0.05) is 6.04 Å². The second-order valence-corrected chi connectivity index (χ2v) is 5.17. The summed E-state index contributed by atoms with van der Waals surface area (Å²) >= 11 is 6.28. The lowest BCUT2D eigenvalue weighted by Crippen LogP contribution is -2.18. The first kappa shape index (κ1) is 14.3. The van der Waals surface area contributed by atoms with E-state index in [1.54, 1.807) is 0 Å². The number of nitrogens with two attached hydrogens (primary N) is 1. The summed E-state index contributed by atoms with van der Waals surface area (Å²) in [7, 11) is 0. The van der Waals surface area contributed by atoms with Crippen molar-refractivity contribution in [2.45, 2.75) is 46.1 Å². The van der Waals surface area contributed by atoms with Gasteiger partial charge in [0.2, 0.25) is 0 Å². The van der Waals surface area contributed by atoms with E-state index in [9.17, 15) is 0 Å². The first-order valence-corrected chi connectivity index (χ1v) is 6.54. The summed E-state index contributed by atoms with van der Waals surface area (Å²) in [5, 5.41) is 0.689. The molecule has 0 amide bonds. The number of hydrogen-bond acceptors (Lipinski definition) is 2. The Morgan fingerprint density at radius 3 is 2.41 bits per heavy atom. The minimum absolute atomic E-state index is 0.143. The van der Waals surface area contributed by atoms with Crippen LogP contribution in [-0.2, 0) is 6.42 Å². The molecule has 2 nitrogen and oxygen atoms in total. The van der Waals surface area contributed by atoms with Crippen LogP contribution < -0.4 is 10.5 Å². The molecule has 0 aliphatic rings. The molecule has 0 aliphatic heterocycles. The summed E-state index contributed by atoms with van der Waals surface area (Å²) in [6.45, 7) is 8.88. The first-order chi connectivity index (χ1) is 7.95. The molecule has 1 aromatic carbocycles. The van der Waals surface area contributed by atoms with Gasteiger partial charge in [-0.25, -0.2) is 0 Å². The summed E-state index contributed by atoms with van der Waals surface area (Å²) in [6.07, 6.45) is 0.839. The molecule has 0 saturated carbocycles. The second-order valence-electron chi connectivity index (χ2n) is 4.77. The quantitative estimate of drug-likeness (QED) is 0.870. The highest BCUT2D eigenvalue weighted by Crippen LogP contribution is 2.35. The number of hydrogen-bond donors (Lipinski definition) is 1. The maximum atomic E-state index is 6.28. The van der Waals surface area contributed by atoms with Crippen molar-refractivity contribution in [1.29, 1.82) is 0 Å². The highest BCUT2D eigenvalue weighted by atomic mass is 35.5. The summed E-state index contributed by atoms with van der Waals surface area (Å²) in [5.74, 6) is 1.21. The van der Waals surface area contributed by atoms with Crippen LogP contribution in [0.3, 0.4) is 0 Å². The molecule has 96 valence electrons. The van der Waals surface area contributed by atoms with E-state index >= 15 is 0 Å². The molecule has 2 N–H and O–H groups in total. The molecule has 1 unspecified atom stereocenters. The number of rotatable bonds is 5. The van der Waals surface area contributed by atoms with Gasteiger partial charge in [-0.15, -0.1) is 0 Å². The number of halogens is 1. The summed E-state index contributed by atoms with van der Waals surface area (Å²) in [4.78, 5) is 0. The van der Waals surface area contributed by atoms with E-state index in [1.165, 1.54) is 5.56 Å². The van der Waals surface area contributed by atoms with Crippen molar-refractivity contribution in [2.75, 3.05) is 6.61 Å². The van der Waals surface area contributed by atoms with Crippen molar-refractivity contribution in [1.82, 2.24) is 0 Å². The molecule has 0 bridgehead atoms. The third-order valence-electron chi connectivity index (χ3n) is 2.60. The molecular weight excluding hydrogens is 234 g/mol. The monoisotopic (exact) mass is 255 g/mol. The van der Waals surface area contributed by atoms with Gasteiger partial charge in [-0.3, -0.25) is 0 Å². The van der Waals surface area contributed by atoms with E-state index < -0.39 is 0 Å². The Morgan fingerprint density at radius 1 is 1.29 bits per heavy atom. The standard InChI is InChI=1S/C14H22ClNO/c1-5-17-14-12(9(2)3)7-11(6-10(4)16)8-13(14)15/h7-10H,5-6,16H2,1-4H3. The van der Waals surface area contributed by atoms with Crippen LogP contribution in [0.4, 0.5) is 0 Å². The minimum atomic E-state index is 0.143. The van der Waals surface area contributed by atoms with E-state index in [0.717, 1.165) is 17.7 Å². The second kappa shape index (κ2) is 6.27. The van der Waals surface area contributed by atoms with Crippen molar-refractivity contribution >= 4 is 11.6 Å².